The molecule has 25 heavy (non-hydrogen) atoms. The minimum absolute atomic E-state index is 0. The molecule has 0 radical (unpaired) electrons. The van der Waals surface area contributed by atoms with Gasteiger partial charge in [0.25, 0.3) is 5.91 Å². The largest absolute Gasteiger partial charge is 0.496 e. The second kappa shape index (κ2) is 10.3. The molecule has 2 atom stereocenters. The van der Waals surface area contributed by atoms with E-state index in [-0.39, 0.29) is 36.2 Å². The Morgan fingerprint density at radius 3 is 2.60 bits per heavy atom. The van der Waals surface area contributed by atoms with E-state index in [0.717, 1.165) is 25.9 Å². The lowest BCUT2D eigenvalue weighted by Crippen LogP contribution is -2.54. The molecule has 7 heteroatoms. The minimum Gasteiger partial charge on any atom is -0.496 e. The van der Waals surface area contributed by atoms with Crippen molar-refractivity contribution in [3.05, 3.63) is 29.8 Å². The van der Waals surface area contributed by atoms with Crippen LogP contribution in [0.15, 0.2) is 24.3 Å². The Morgan fingerprint density at radius 1 is 1.28 bits per heavy atom. The van der Waals surface area contributed by atoms with Crippen molar-refractivity contribution in [1.82, 2.24) is 16.0 Å². The molecule has 1 fully saturated rings. The predicted molar refractivity (Wildman–Crippen MR) is 100 cm³/mol. The highest BCUT2D eigenvalue weighted by Gasteiger charge is 2.27. The highest BCUT2D eigenvalue weighted by molar-refractivity contribution is 5.99. The van der Waals surface area contributed by atoms with Gasteiger partial charge in [0.15, 0.2) is 0 Å². The molecule has 0 spiro atoms. The zero-order valence-corrected chi connectivity index (χ0v) is 15.8. The van der Waals surface area contributed by atoms with Crippen LogP contribution < -0.4 is 20.7 Å². The second-order valence-corrected chi connectivity index (χ2v) is 6.45. The van der Waals surface area contributed by atoms with Gasteiger partial charge in [0.1, 0.15) is 11.8 Å². The summed E-state index contributed by atoms with van der Waals surface area (Å²) in [7, 11) is 1.52. The molecule has 2 unspecified atom stereocenters. The number of carbonyl (C=O) groups is 2. The molecule has 3 N–H and O–H groups in total. The molecule has 1 heterocycles. The molecule has 1 aromatic rings. The van der Waals surface area contributed by atoms with Gasteiger partial charge in [-0.15, -0.1) is 12.4 Å². The van der Waals surface area contributed by atoms with Gasteiger partial charge in [-0.1, -0.05) is 26.0 Å². The van der Waals surface area contributed by atoms with Crippen molar-refractivity contribution in [1.29, 1.82) is 0 Å². The number of nitrogens with one attached hydrogen (secondary N) is 3. The molecule has 1 aliphatic rings. The van der Waals surface area contributed by atoms with Gasteiger partial charge in [-0.3, -0.25) is 9.59 Å². The van der Waals surface area contributed by atoms with E-state index >= 15 is 0 Å². The van der Waals surface area contributed by atoms with E-state index in [0.29, 0.717) is 11.3 Å². The number of piperidine rings is 1. The van der Waals surface area contributed by atoms with Crippen LogP contribution in [0, 0.1) is 5.92 Å². The van der Waals surface area contributed by atoms with E-state index in [1.165, 1.54) is 7.11 Å². The van der Waals surface area contributed by atoms with Crippen LogP contribution in [-0.2, 0) is 4.79 Å². The summed E-state index contributed by atoms with van der Waals surface area (Å²) < 4.78 is 5.22. The molecular formula is C18H28ClN3O3. The SMILES string of the molecule is COc1ccccc1C(=O)NC(C(=O)NC1CCCNC1)C(C)C.Cl. The Balaban J connectivity index is 0.00000312. The first-order valence-corrected chi connectivity index (χ1v) is 8.48. The van der Waals surface area contributed by atoms with Gasteiger partial charge in [0.05, 0.1) is 12.7 Å². The monoisotopic (exact) mass is 369 g/mol. The van der Waals surface area contributed by atoms with Gasteiger partial charge in [-0.2, -0.15) is 0 Å². The summed E-state index contributed by atoms with van der Waals surface area (Å²) in [5.74, 6) is 0.0413. The molecule has 0 bridgehead atoms. The van der Waals surface area contributed by atoms with Gasteiger partial charge < -0.3 is 20.7 Å². The molecule has 2 rings (SSSR count). The zero-order chi connectivity index (χ0) is 17.5. The van der Waals surface area contributed by atoms with Gasteiger partial charge in [-0.25, -0.2) is 0 Å². The molecule has 0 saturated carbocycles. The maximum atomic E-state index is 12.6. The molecule has 1 aliphatic heterocycles. The van der Waals surface area contributed by atoms with Crippen LogP contribution in [0.3, 0.4) is 0 Å². The standard InChI is InChI=1S/C18H27N3O3.ClH/c1-12(2)16(18(23)20-13-7-6-10-19-11-13)21-17(22)14-8-4-5-9-15(14)24-3;/h4-5,8-9,12-13,16,19H,6-7,10-11H2,1-3H3,(H,20,23)(H,21,22);1H. The highest BCUT2D eigenvalue weighted by atomic mass is 35.5. The molecule has 0 aliphatic carbocycles. The second-order valence-electron chi connectivity index (χ2n) is 6.45. The van der Waals surface area contributed by atoms with E-state index in [1.54, 1.807) is 24.3 Å². The van der Waals surface area contributed by atoms with Crippen molar-refractivity contribution in [3.63, 3.8) is 0 Å². The molecule has 0 aromatic heterocycles. The fourth-order valence-corrected chi connectivity index (χ4v) is 2.85. The third-order valence-electron chi connectivity index (χ3n) is 4.23. The number of halogens is 1. The quantitative estimate of drug-likeness (QED) is 0.713. The summed E-state index contributed by atoms with van der Waals surface area (Å²) in [5.41, 5.74) is 0.429. The normalized spacial score (nSPS) is 18.0. The summed E-state index contributed by atoms with van der Waals surface area (Å²) in [6.07, 6.45) is 2.01. The number of methoxy groups -OCH3 is 1. The summed E-state index contributed by atoms with van der Waals surface area (Å²) in [6, 6.07) is 6.54. The van der Waals surface area contributed by atoms with Crippen LogP contribution in [0.1, 0.15) is 37.0 Å². The van der Waals surface area contributed by atoms with Crippen LogP contribution >= 0.6 is 12.4 Å². The van der Waals surface area contributed by atoms with Gasteiger partial charge in [0.2, 0.25) is 5.91 Å². The summed E-state index contributed by atoms with van der Waals surface area (Å²) >= 11 is 0. The smallest absolute Gasteiger partial charge is 0.255 e. The van der Waals surface area contributed by atoms with Gasteiger partial charge in [-0.05, 0) is 37.4 Å². The Bertz CT molecular complexity index is 574. The fraction of sp³-hybridized carbons (Fsp3) is 0.556. The van der Waals surface area contributed by atoms with E-state index in [1.807, 2.05) is 13.8 Å². The number of benzene rings is 1. The Labute approximate surface area is 155 Å². The van der Waals surface area contributed by atoms with Crippen LogP contribution in [0.4, 0.5) is 0 Å². The van der Waals surface area contributed by atoms with Crippen LogP contribution in [0.2, 0.25) is 0 Å². The van der Waals surface area contributed by atoms with Crippen molar-refractivity contribution in [2.45, 2.75) is 38.8 Å². The van der Waals surface area contributed by atoms with Crippen molar-refractivity contribution in [3.8, 4) is 5.75 Å². The fourth-order valence-electron chi connectivity index (χ4n) is 2.85. The third kappa shape index (κ3) is 5.90. The Kier molecular flexibility index (Phi) is 8.72. The van der Waals surface area contributed by atoms with E-state index < -0.39 is 6.04 Å². The molecule has 2 amide bonds. The average molecular weight is 370 g/mol. The number of amides is 2. The lowest BCUT2D eigenvalue weighted by Gasteiger charge is -2.28. The first-order valence-electron chi connectivity index (χ1n) is 8.48. The predicted octanol–water partition coefficient (Wildman–Crippen LogP) is 1.74. The topological polar surface area (TPSA) is 79.5 Å². The maximum Gasteiger partial charge on any atom is 0.255 e. The first-order chi connectivity index (χ1) is 11.5. The number of para-hydroxylation sites is 1. The number of hydrogen-bond donors (Lipinski definition) is 3. The van der Waals surface area contributed by atoms with Gasteiger partial charge >= 0.3 is 0 Å². The average Bonchev–Trinajstić information content (AvgIpc) is 2.59. The molecule has 140 valence electrons. The lowest BCUT2D eigenvalue weighted by atomic mass is 10.0. The number of hydrogen-bond acceptors (Lipinski definition) is 4. The molecule has 6 nitrogen and oxygen atoms in total. The van der Waals surface area contributed by atoms with E-state index in [2.05, 4.69) is 16.0 Å². The zero-order valence-electron chi connectivity index (χ0n) is 15.0. The summed E-state index contributed by atoms with van der Waals surface area (Å²) in [6.45, 7) is 5.61. The van der Waals surface area contributed by atoms with Crippen molar-refractivity contribution >= 4 is 24.2 Å². The molecular weight excluding hydrogens is 342 g/mol. The maximum absolute atomic E-state index is 12.6. The van der Waals surface area contributed by atoms with E-state index in [4.69, 9.17) is 4.74 Å². The van der Waals surface area contributed by atoms with Crippen molar-refractivity contribution < 1.29 is 14.3 Å². The number of carbonyl (C=O) groups excluding carboxylic acids is 2. The van der Waals surface area contributed by atoms with E-state index in [9.17, 15) is 9.59 Å². The molecule has 1 aromatic carbocycles. The summed E-state index contributed by atoms with van der Waals surface area (Å²) in [5, 5.41) is 9.16. The number of ether oxygens (including phenoxy) is 1. The Morgan fingerprint density at radius 2 is 2.00 bits per heavy atom. The highest BCUT2D eigenvalue weighted by Crippen LogP contribution is 2.17. The van der Waals surface area contributed by atoms with Crippen LogP contribution in [0.5, 0.6) is 5.75 Å². The first kappa shape index (κ1) is 21.3. The minimum atomic E-state index is -0.579. The number of rotatable bonds is 6. The van der Waals surface area contributed by atoms with Crippen molar-refractivity contribution in [2.75, 3.05) is 20.2 Å². The lowest BCUT2D eigenvalue weighted by molar-refractivity contribution is -0.124. The van der Waals surface area contributed by atoms with Crippen LogP contribution in [0.25, 0.3) is 0 Å². The van der Waals surface area contributed by atoms with Gasteiger partial charge in [0, 0.05) is 12.6 Å². The Hall–Kier alpha value is -1.79. The van der Waals surface area contributed by atoms with Crippen molar-refractivity contribution in [2.24, 2.45) is 5.92 Å². The molecule has 1 saturated heterocycles. The summed E-state index contributed by atoms with van der Waals surface area (Å²) in [4.78, 5) is 25.1. The van der Waals surface area contributed by atoms with Crippen LogP contribution in [-0.4, -0.2) is 44.1 Å². The third-order valence-corrected chi connectivity index (χ3v) is 4.23.